The van der Waals surface area contributed by atoms with Gasteiger partial charge in [0.2, 0.25) is 0 Å². The lowest BCUT2D eigenvalue weighted by Crippen LogP contribution is -1.99. The van der Waals surface area contributed by atoms with Gasteiger partial charge in [-0.3, -0.25) is 0 Å². The standard InChI is InChI=1S/C22H16N2/c23-15-19(16-9-3-1-4-10-16)21-18-13-7-8-14-20(18)24-22(21)17-11-5-2-6-12-17/h1-14,19,24H. The minimum atomic E-state index is -0.308. The van der Waals surface area contributed by atoms with Crippen molar-refractivity contribution in [3.63, 3.8) is 0 Å². The monoisotopic (exact) mass is 308 g/mol. The summed E-state index contributed by atoms with van der Waals surface area (Å²) in [6.07, 6.45) is 0. The van der Waals surface area contributed by atoms with E-state index in [-0.39, 0.29) is 5.92 Å². The van der Waals surface area contributed by atoms with Crippen molar-refractivity contribution in [3.8, 4) is 17.3 Å². The van der Waals surface area contributed by atoms with Crippen molar-refractivity contribution in [2.24, 2.45) is 0 Å². The van der Waals surface area contributed by atoms with Gasteiger partial charge in [0.15, 0.2) is 0 Å². The van der Waals surface area contributed by atoms with Crippen LogP contribution in [0.2, 0.25) is 0 Å². The number of aromatic nitrogens is 1. The number of benzene rings is 3. The summed E-state index contributed by atoms with van der Waals surface area (Å²) in [4.78, 5) is 3.51. The van der Waals surface area contributed by atoms with E-state index in [0.717, 1.165) is 33.3 Å². The summed E-state index contributed by atoms with van der Waals surface area (Å²) in [5, 5.41) is 11.0. The van der Waals surface area contributed by atoms with Crippen LogP contribution in [0, 0.1) is 11.3 Å². The summed E-state index contributed by atoms with van der Waals surface area (Å²) < 4.78 is 0. The minimum absolute atomic E-state index is 0.308. The van der Waals surface area contributed by atoms with Crippen molar-refractivity contribution in [2.75, 3.05) is 0 Å². The van der Waals surface area contributed by atoms with E-state index in [4.69, 9.17) is 0 Å². The highest BCUT2D eigenvalue weighted by molar-refractivity contribution is 5.92. The molecule has 1 N–H and O–H groups in total. The molecule has 114 valence electrons. The van der Waals surface area contributed by atoms with Crippen molar-refractivity contribution in [3.05, 3.63) is 96.1 Å². The van der Waals surface area contributed by atoms with Gasteiger partial charge in [-0.1, -0.05) is 78.9 Å². The molecule has 0 spiro atoms. The first-order valence-corrected chi connectivity index (χ1v) is 7.99. The highest BCUT2D eigenvalue weighted by Gasteiger charge is 2.22. The average Bonchev–Trinajstić information content (AvgIpc) is 3.04. The molecule has 0 aliphatic rings. The van der Waals surface area contributed by atoms with Gasteiger partial charge < -0.3 is 4.98 Å². The van der Waals surface area contributed by atoms with Gasteiger partial charge in [0.05, 0.1) is 17.7 Å². The molecular weight excluding hydrogens is 292 g/mol. The molecule has 1 aromatic heterocycles. The second-order valence-electron chi connectivity index (χ2n) is 5.80. The Bertz CT molecular complexity index is 1010. The van der Waals surface area contributed by atoms with Crippen LogP contribution < -0.4 is 0 Å². The maximum absolute atomic E-state index is 9.92. The van der Waals surface area contributed by atoms with E-state index in [1.807, 2.05) is 60.7 Å². The van der Waals surface area contributed by atoms with E-state index in [0.29, 0.717) is 0 Å². The van der Waals surface area contributed by atoms with E-state index in [1.54, 1.807) is 0 Å². The number of H-pyrrole nitrogens is 1. The molecule has 3 aromatic carbocycles. The first-order chi connectivity index (χ1) is 11.9. The number of nitrogens with one attached hydrogen (secondary N) is 1. The summed E-state index contributed by atoms with van der Waals surface area (Å²) >= 11 is 0. The van der Waals surface area contributed by atoms with Gasteiger partial charge in [-0.05, 0) is 17.2 Å². The number of aromatic amines is 1. The molecule has 0 saturated carbocycles. The largest absolute Gasteiger partial charge is 0.354 e. The maximum atomic E-state index is 9.92. The van der Waals surface area contributed by atoms with Crippen molar-refractivity contribution < 1.29 is 0 Å². The molecule has 1 unspecified atom stereocenters. The summed E-state index contributed by atoms with van der Waals surface area (Å²) in [6.45, 7) is 0. The fourth-order valence-electron chi connectivity index (χ4n) is 3.25. The molecule has 4 aromatic rings. The van der Waals surface area contributed by atoms with Gasteiger partial charge in [0.25, 0.3) is 0 Å². The number of hydrogen-bond donors (Lipinski definition) is 1. The number of rotatable bonds is 3. The maximum Gasteiger partial charge on any atom is 0.0989 e. The van der Waals surface area contributed by atoms with Crippen molar-refractivity contribution in [1.82, 2.24) is 4.98 Å². The predicted molar refractivity (Wildman–Crippen MR) is 97.6 cm³/mol. The third kappa shape index (κ3) is 2.37. The van der Waals surface area contributed by atoms with Gasteiger partial charge >= 0.3 is 0 Å². The lowest BCUT2D eigenvalue weighted by Gasteiger charge is -2.12. The third-order valence-corrected chi connectivity index (χ3v) is 4.36. The van der Waals surface area contributed by atoms with Crippen LogP contribution in [0.5, 0.6) is 0 Å². The molecule has 0 bridgehead atoms. The Morgan fingerprint density at radius 1 is 0.750 bits per heavy atom. The fraction of sp³-hybridized carbons (Fsp3) is 0.0455. The Morgan fingerprint density at radius 2 is 1.38 bits per heavy atom. The zero-order valence-corrected chi connectivity index (χ0v) is 13.1. The fourth-order valence-corrected chi connectivity index (χ4v) is 3.25. The van der Waals surface area contributed by atoms with E-state index < -0.39 is 0 Å². The number of para-hydroxylation sites is 1. The van der Waals surface area contributed by atoms with Crippen LogP contribution in [-0.2, 0) is 0 Å². The van der Waals surface area contributed by atoms with E-state index in [1.165, 1.54) is 0 Å². The SMILES string of the molecule is N#CC(c1ccccc1)c1c(-c2ccccc2)[nH]c2ccccc12. The lowest BCUT2D eigenvalue weighted by molar-refractivity contribution is 1.05. The smallest absolute Gasteiger partial charge is 0.0989 e. The highest BCUT2D eigenvalue weighted by Crippen LogP contribution is 2.38. The second kappa shape index (κ2) is 6.06. The van der Waals surface area contributed by atoms with E-state index in [2.05, 4.69) is 35.3 Å². The van der Waals surface area contributed by atoms with E-state index >= 15 is 0 Å². The Labute approximate surface area is 141 Å². The topological polar surface area (TPSA) is 39.6 Å². The van der Waals surface area contributed by atoms with Crippen LogP contribution in [0.4, 0.5) is 0 Å². The number of nitrogens with zero attached hydrogens (tertiary/aromatic N) is 1. The van der Waals surface area contributed by atoms with Gasteiger partial charge in [-0.15, -0.1) is 0 Å². The molecular formula is C22H16N2. The average molecular weight is 308 g/mol. The van der Waals surface area contributed by atoms with Gasteiger partial charge in [-0.2, -0.15) is 5.26 Å². The molecule has 1 atom stereocenters. The molecule has 0 radical (unpaired) electrons. The van der Waals surface area contributed by atoms with Crippen molar-refractivity contribution in [1.29, 1.82) is 5.26 Å². The van der Waals surface area contributed by atoms with Crippen molar-refractivity contribution in [2.45, 2.75) is 5.92 Å². The second-order valence-corrected chi connectivity index (χ2v) is 5.80. The van der Waals surface area contributed by atoms with Gasteiger partial charge in [-0.25, -0.2) is 0 Å². The van der Waals surface area contributed by atoms with Crippen LogP contribution >= 0.6 is 0 Å². The number of nitriles is 1. The molecule has 2 heteroatoms. The summed E-state index contributed by atoms with van der Waals surface area (Å²) in [5.74, 6) is -0.308. The van der Waals surface area contributed by atoms with Crippen LogP contribution in [0.3, 0.4) is 0 Å². The molecule has 0 amide bonds. The quantitative estimate of drug-likeness (QED) is 0.534. The summed E-state index contributed by atoms with van der Waals surface area (Å²) in [6, 6.07) is 30.9. The molecule has 0 fully saturated rings. The molecule has 0 aliphatic heterocycles. The third-order valence-electron chi connectivity index (χ3n) is 4.36. The Hall–Kier alpha value is -3.31. The highest BCUT2D eigenvalue weighted by atomic mass is 14.7. The first kappa shape index (κ1) is 14.3. The Morgan fingerprint density at radius 3 is 2.08 bits per heavy atom. The van der Waals surface area contributed by atoms with Crippen LogP contribution in [0.15, 0.2) is 84.9 Å². The van der Waals surface area contributed by atoms with E-state index in [9.17, 15) is 5.26 Å². The summed E-state index contributed by atoms with van der Waals surface area (Å²) in [5.41, 5.74) is 5.24. The molecule has 0 aliphatic carbocycles. The Balaban J connectivity index is 2.01. The predicted octanol–water partition coefficient (Wildman–Crippen LogP) is 5.49. The molecule has 1 heterocycles. The molecule has 4 rings (SSSR count). The van der Waals surface area contributed by atoms with Gasteiger partial charge in [0, 0.05) is 16.5 Å². The normalized spacial score (nSPS) is 12.0. The minimum Gasteiger partial charge on any atom is -0.354 e. The summed E-state index contributed by atoms with van der Waals surface area (Å²) in [7, 11) is 0. The lowest BCUT2D eigenvalue weighted by atomic mass is 9.89. The zero-order valence-electron chi connectivity index (χ0n) is 13.1. The Kier molecular flexibility index (Phi) is 3.61. The number of hydrogen-bond acceptors (Lipinski definition) is 1. The molecule has 2 nitrogen and oxygen atoms in total. The zero-order chi connectivity index (χ0) is 16.4. The van der Waals surface area contributed by atoms with Crippen molar-refractivity contribution >= 4 is 10.9 Å². The van der Waals surface area contributed by atoms with Crippen LogP contribution in [0.1, 0.15) is 17.0 Å². The van der Waals surface area contributed by atoms with Crippen LogP contribution in [0.25, 0.3) is 22.2 Å². The van der Waals surface area contributed by atoms with Crippen LogP contribution in [-0.4, -0.2) is 4.98 Å². The molecule has 0 saturated heterocycles. The molecule has 24 heavy (non-hydrogen) atoms. The number of fused-ring (bicyclic) bond motifs is 1. The van der Waals surface area contributed by atoms with Gasteiger partial charge in [0.1, 0.15) is 0 Å². The first-order valence-electron chi connectivity index (χ1n) is 7.99.